The van der Waals surface area contributed by atoms with E-state index in [1.54, 1.807) is 0 Å². The summed E-state index contributed by atoms with van der Waals surface area (Å²) in [7, 11) is 1.84. The molecule has 160 valence electrons. The molecule has 1 heterocycles. The van der Waals surface area contributed by atoms with E-state index < -0.39 is 0 Å². The fourth-order valence-electron chi connectivity index (χ4n) is 4.58. The monoisotopic (exact) mass is 503 g/mol. The highest BCUT2D eigenvalue weighted by atomic mass is 127. The number of aliphatic imine (C=N–C) groups is 1. The van der Waals surface area contributed by atoms with Crippen molar-refractivity contribution in [1.82, 2.24) is 20.4 Å². The van der Waals surface area contributed by atoms with Gasteiger partial charge in [-0.1, -0.05) is 25.7 Å². The van der Waals surface area contributed by atoms with Crippen molar-refractivity contribution in [1.29, 1.82) is 0 Å². The minimum Gasteiger partial charge on any atom is -0.382 e. The Labute approximate surface area is 187 Å². The lowest BCUT2D eigenvalue weighted by Crippen LogP contribution is -2.43. The SMILES string of the molecule is CCOCCC1(CNC(=NC)NCc2ccn(C3CCCC3)n2)CCCC1.I. The first-order valence-corrected chi connectivity index (χ1v) is 10.8. The van der Waals surface area contributed by atoms with Gasteiger partial charge in [-0.3, -0.25) is 9.67 Å². The quantitative estimate of drug-likeness (QED) is 0.229. The molecular weight excluding hydrogens is 465 g/mol. The molecule has 0 atom stereocenters. The third kappa shape index (κ3) is 6.61. The molecule has 2 N–H and O–H groups in total. The predicted octanol–water partition coefficient (Wildman–Crippen LogP) is 4.27. The standard InChI is InChI=1S/C21H37N5O.HI/c1-3-27-15-13-21(11-6-7-12-21)17-24-20(22-2)23-16-18-10-14-26(25-18)19-8-4-5-9-19;/h10,14,19H,3-9,11-13,15-17H2,1-2H3,(H2,22,23,24);1H. The van der Waals surface area contributed by atoms with Crippen LogP contribution >= 0.6 is 24.0 Å². The third-order valence-corrected chi connectivity index (χ3v) is 6.30. The second-order valence-electron chi connectivity index (χ2n) is 8.16. The summed E-state index contributed by atoms with van der Waals surface area (Å²) in [4.78, 5) is 4.40. The average molecular weight is 503 g/mol. The molecule has 0 aliphatic heterocycles. The van der Waals surface area contributed by atoms with Gasteiger partial charge in [0.1, 0.15) is 0 Å². The molecule has 2 aliphatic rings. The van der Waals surface area contributed by atoms with E-state index in [0.717, 1.165) is 37.8 Å². The fraction of sp³-hybridized carbons (Fsp3) is 0.810. The van der Waals surface area contributed by atoms with Crippen molar-refractivity contribution in [3.8, 4) is 0 Å². The first kappa shape index (κ1) is 23.4. The van der Waals surface area contributed by atoms with Gasteiger partial charge in [0.15, 0.2) is 5.96 Å². The molecule has 0 unspecified atom stereocenters. The number of ether oxygens (including phenoxy) is 1. The molecule has 2 aliphatic carbocycles. The number of nitrogens with zero attached hydrogens (tertiary/aromatic N) is 3. The van der Waals surface area contributed by atoms with Crippen LogP contribution in [0.4, 0.5) is 0 Å². The lowest BCUT2D eigenvalue weighted by molar-refractivity contribution is 0.105. The van der Waals surface area contributed by atoms with Gasteiger partial charge in [0.25, 0.3) is 0 Å². The zero-order valence-electron chi connectivity index (χ0n) is 17.6. The molecule has 0 spiro atoms. The van der Waals surface area contributed by atoms with Crippen LogP contribution in [0.5, 0.6) is 0 Å². The highest BCUT2D eigenvalue weighted by Crippen LogP contribution is 2.40. The van der Waals surface area contributed by atoms with E-state index in [4.69, 9.17) is 9.84 Å². The van der Waals surface area contributed by atoms with Gasteiger partial charge in [0.05, 0.1) is 18.3 Å². The van der Waals surface area contributed by atoms with E-state index in [-0.39, 0.29) is 24.0 Å². The largest absolute Gasteiger partial charge is 0.382 e. The summed E-state index contributed by atoms with van der Waals surface area (Å²) in [5, 5.41) is 11.7. The van der Waals surface area contributed by atoms with Crippen LogP contribution in [0.3, 0.4) is 0 Å². The molecule has 1 aromatic rings. The molecule has 6 nitrogen and oxygen atoms in total. The lowest BCUT2D eigenvalue weighted by Gasteiger charge is -2.30. The van der Waals surface area contributed by atoms with E-state index in [2.05, 4.69) is 39.5 Å². The molecule has 0 aromatic carbocycles. The van der Waals surface area contributed by atoms with Crippen LogP contribution in [0.15, 0.2) is 17.3 Å². The van der Waals surface area contributed by atoms with Crippen molar-refractivity contribution in [3.63, 3.8) is 0 Å². The number of nitrogens with one attached hydrogen (secondary N) is 2. The number of hydrogen-bond donors (Lipinski definition) is 2. The minimum absolute atomic E-state index is 0. The number of hydrogen-bond acceptors (Lipinski definition) is 3. The van der Waals surface area contributed by atoms with Crippen molar-refractivity contribution < 1.29 is 4.74 Å². The Morgan fingerprint density at radius 1 is 1.25 bits per heavy atom. The zero-order valence-corrected chi connectivity index (χ0v) is 19.9. The van der Waals surface area contributed by atoms with Crippen LogP contribution in [0.2, 0.25) is 0 Å². The van der Waals surface area contributed by atoms with Crippen LogP contribution in [-0.2, 0) is 11.3 Å². The maximum Gasteiger partial charge on any atom is 0.191 e. The summed E-state index contributed by atoms with van der Waals surface area (Å²) >= 11 is 0. The lowest BCUT2D eigenvalue weighted by atomic mass is 9.83. The maximum absolute atomic E-state index is 5.62. The minimum atomic E-state index is 0. The molecule has 7 heteroatoms. The molecule has 0 amide bonds. The van der Waals surface area contributed by atoms with E-state index in [1.807, 2.05) is 7.05 Å². The number of aromatic nitrogens is 2. The van der Waals surface area contributed by atoms with Crippen LogP contribution in [-0.4, -0.2) is 42.5 Å². The molecule has 0 saturated heterocycles. The van der Waals surface area contributed by atoms with Crippen molar-refractivity contribution in [3.05, 3.63) is 18.0 Å². The van der Waals surface area contributed by atoms with Gasteiger partial charge in [-0.25, -0.2) is 0 Å². The molecule has 3 rings (SSSR count). The highest BCUT2D eigenvalue weighted by molar-refractivity contribution is 14.0. The summed E-state index contributed by atoms with van der Waals surface area (Å²) in [6.45, 7) is 5.42. The van der Waals surface area contributed by atoms with Gasteiger partial charge in [0.2, 0.25) is 0 Å². The Morgan fingerprint density at radius 3 is 2.68 bits per heavy atom. The Balaban J connectivity index is 0.00000280. The van der Waals surface area contributed by atoms with Crippen LogP contribution in [0.1, 0.15) is 76.4 Å². The van der Waals surface area contributed by atoms with Crippen molar-refractivity contribution in [2.75, 3.05) is 26.8 Å². The topological polar surface area (TPSA) is 63.5 Å². The molecule has 28 heavy (non-hydrogen) atoms. The van der Waals surface area contributed by atoms with Crippen molar-refractivity contribution in [2.24, 2.45) is 10.4 Å². The van der Waals surface area contributed by atoms with E-state index >= 15 is 0 Å². The summed E-state index contributed by atoms with van der Waals surface area (Å²) in [6.07, 6.45) is 13.7. The van der Waals surface area contributed by atoms with Gasteiger partial charge in [-0.15, -0.1) is 24.0 Å². The molecular formula is C21H38IN5O. The van der Waals surface area contributed by atoms with Gasteiger partial charge in [-0.2, -0.15) is 5.10 Å². The van der Waals surface area contributed by atoms with Crippen LogP contribution in [0, 0.1) is 5.41 Å². The summed E-state index contributed by atoms with van der Waals surface area (Å²) in [6, 6.07) is 2.72. The second-order valence-corrected chi connectivity index (χ2v) is 8.16. The summed E-state index contributed by atoms with van der Waals surface area (Å²) < 4.78 is 7.77. The Hall–Kier alpha value is -0.830. The molecule has 2 fully saturated rings. The first-order valence-electron chi connectivity index (χ1n) is 10.8. The van der Waals surface area contributed by atoms with Gasteiger partial charge < -0.3 is 15.4 Å². The number of guanidine groups is 1. The smallest absolute Gasteiger partial charge is 0.191 e. The summed E-state index contributed by atoms with van der Waals surface area (Å²) in [5.74, 6) is 0.869. The number of halogens is 1. The summed E-state index contributed by atoms with van der Waals surface area (Å²) in [5.41, 5.74) is 1.44. The van der Waals surface area contributed by atoms with Crippen molar-refractivity contribution in [2.45, 2.75) is 77.3 Å². The van der Waals surface area contributed by atoms with Crippen LogP contribution < -0.4 is 10.6 Å². The predicted molar refractivity (Wildman–Crippen MR) is 125 cm³/mol. The van der Waals surface area contributed by atoms with E-state index in [9.17, 15) is 0 Å². The van der Waals surface area contributed by atoms with Gasteiger partial charge in [0, 0.05) is 33.0 Å². The number of rotatable bonds is 9. The van der Waals surface area contributed by atoms with Crippen LogP contribution in [0.25, 0.3) is 0 Å². The third-order valence-electron chi connectivity index (χ3n) is 6.30. The maximum atomic E-state index is 5.62. The molecule has 0 bridgehead atoms. The first-order chi connectivity index (χ1) is 13.2. The average Bonchev–Trinajstić information content (AvgIpc) is 3.44. The molecule has 2 saturated carbocycles. The highest BCUT2D eigenvalue weighted by Gasteiger charge is 2.33. The Morgan fingerprint density at radius 2 is 2.00 bits per heavy atom. The van der Waals surface area contributed by atoms with Gasteiger partial charge in [-0.05, 0) is 50.5 Å². The Bertz CT molecular complexity index is 591. The fourth-order valence-corrected chi connectivity index (χ4v) is 4.58. The zero-order chi connectivity index (χ0) is 19.0. The molecule has 1 aromatic heterocycles. The van der Waals surface area contributed by atoms with Gasteiger partial charge >= 0.3 is 0 Å². The molecule has 0 radical (unpaired) electrons. The van der Waals surface area contributed by atoms with Crippen molar-refractivity contribution >= 4 is 29.9 Å². The Kier molecular flexibility index (Phi) is 10.0. The van der Waals surface area contributed by atoms with E-state index in [1.165, 1.54) is 51.4 Å². The normalized spacial score (nSPS) is 19.6. The second kappa shape index (κ2) is 12.0. The van der Waals surface area contributed by atoms with E-state index in [0.29, 0.717) is 18.0 Å².